The number of para-hydroxylation sites is 1. The molecule has 4 aromatic rings. The molecule has 2 aromatic carbocycles. The van der Waals surface area contributed by atoms with Crippen molar-refractivity contribution in [1.82, 2.24) is 9.78 Å². The molecule has 0 saturated heterocycles. The van der Waals surface area contributed by atoms with E-state index in [2.05, 4.69) is 73.1 Å². The molecule has 0 fully saturated rings. The number of fused-ring (bicyclic) bond motifs is 1. The van der Waals surface area contributed by atoms with E-state index in [1.807, 2.05) is 17.4 Å². The maximum absolute atomic E-state index is 4.77. The van der Waals surface area contributed by atoms with Gasteiger partial charge in [-0.2, -0.15) is 5.10 Å². The molecule has 3 heteroatoms. The van der Waals surface area contributed by atoms with Crippen molar-refractivity contribution >= 4 is 21.6 Å². The lowest BCUT2D eigenvalue weighted by atomic mass is 10.0. The smallest absolute Gasteiger partial charge is 0.128 e. The maximum Gasteiger partial charge on any atom is 0.128 e. The number of nitrogens with zero attached hydrogens (tertiary/aromatic N) is 2. The molecular weight excluding hydrogens is 288 g/mol. The number of aryl methyl sites for hydroxylation is 2. The van der Waals surface area contributed by atoms with Gasteiger partial charge in [-0.25, -0.2) is 4.68 Å². The van der Waals surface area contributed by atoms with Crippen molar-refractivity contribution in [3.8, 4) is 16.8 Å². The highest BCUT2D eigenvalue weighted by atomic mass is 32.1. The average Bonchev–Trinajstić information content (AvgIpc) is 3.06. The van der Waals surface area contributed by atoms with Crippen molar-refractivity contribution < 1.29 is 0 Å². The van der Waals surface area contributed by atoms with Crippen molar-refractivity contribution in [2.45, 2.75) is 13.8 Å². The zero-order valence-corrected chi connectivity index (χ0v) is 13.4. The second-order valence-corrected chi connectivity index (χ2v) is 6.62. The lowest BCUT2D eigenvalue weighted by Crippen LogP contribution is -1.94. The summed E-state index contributed by atoms with van der Waals surface area (Å²) in [5.74, 6) is 0. The fourth-order valence-corrected chi connectivity index (χ4v) is 4.15. The Morgan fingerprint density at radius 2 is 1.50 bits per heavy atom. The van der Waals surface area contributed by atoms with E-state index in [1.165, 1.54) is 26.2 Å². The SMILES string of the molecule is Cc1sc2c(c(C)nn2-c2ccccc2)c1-c1ccccc1. The predicted octanol–water partition coefficient (Wildman–Crippen LogP) is 5.37. The van der Waals surface area contributed by atoms with Crippen LogP contribution in [0.5, 0.6) is 0 Å². The van der Waals surface area contributed by atoms with Crippen LogP contribution in [-0.4, -0.2) is 9.78 Å². The second-order valence-electron chi connectivity index (χ2n) is 5.41. The number of aromatic nitrogens is 2. The summed E-state index contributed by atoms with van der Waals surface area (Å²) in [6.45, 7) is 4.29. The monoisotopic (exact) mass is 304 g/mol. The van der Waals surface area contributed by atoms with Gasteiger partial charge in [-0.3, -0.25) is 0 Å². The van der Waals surface area contributed by atoms with Crippen LogP contribution in [0.25, 0.3) is 27.0 Å². The minimum absolute atomic E-state index is 1.09. The van der Waals surface area contributed by atoms with Crippen molar-refractivity contribution in [3.05, 3.63) is 71.2 Å². The number of hydrogen-bond donors (Lipinski definition) is 0. The normalized spacial score (nSPS) is 11.2. The van der Waals surface area contributed by atoms with Crippen LogP contribution in [0.4, 0.5) is 0 Å². The number of hydrogen-bond acceptors (Lipinski definition) is 2. The van der Waals surface area contributed by atoms with E-state index in [0.717, 1.165) is 11.4 Å². The van der Waals surface area contributed by atoms with Gasteiger partial charge in [0.1, 0.15) is 4.83 Å². The first-order valence-electron chi connectivity index (χ1n) is 7.35. The molecule has 2 heterocycles. The third-order valence-electron chi connectivity index (χ3n) is 3.93. The summed E-state index contributed by atoms with van der Waals surface area (Å²) < 4.78 is 2.06. The van der Waals surface area contributed by atoms with Crippen molar-refractivity contribution in [2.75, 3.05) is 0 Å². The highest BCUT2D eigenvalue weighted by Crippen LogP contribution is 2.40. The van der Waals surface area contributed by atoms with Crippen molar-refractivity contribution in [1.29, 1.82) is 0 Å². The first-order valence-corrected chi connectivity index (χ1v) is 8.17. The molecule has 0 aliphatic carbocycles. The molecule has 0 saturated carbocycles. The molecule has 0 atom stereocenters. The van der Waals surface area contributed by atoms with Crippen molar-refractivity contribution in [2.24, 2.45) is 0 Å². The van der Waals surface area contributed by atoms with Crippen LogP contribution in [0.3, 0.4) is 0 Å². The van der Waals surface area contributed by atoms with Gasteiger partial charge < -0.3 is 0 Å². The standard InChI is InChI=1S/C19H16N2S/c1-13-17-18(15-9-5-3-6-10-15)14(2)22-19(17)21(20-13)16-11-7-4-8-12-16/h3-12H,1-2H3. The minimum Gasteiger partial charge on any atom is -0.223 e. The highest BCUT2D eigenvalue weighted by molar-refractivity contribution is 7.19. The molecule has 0 spiro atoms. The predicted molar refractivity (Wildman–Crippen MR) is 93.9 cm³/mol. The van der Waals surface area contributed by atoms with Crippen molar-refractivity contribution in [3.63, 3.8) is 0 Å². The summed E-state index contributed by atoms with van der Waals surface area (Å²) in [5.41, 5.74) is 4.78. The lowest BCUT2D eigenvalue weighted by molar-refractivity contribution is 0.894. The second kappa shape index (κ2) is 5.11. The van der Waals surface area contributed by atoms with E-state index in [0.29, 0.717) is 0 Å². The van der Waals surface area contributed by atoms with Gasteiger partial charge in [0.2, 0.25) is 0 Å². The molecule has 0 unspecified atom stereocenters. The Labute approximate surface area is 133 Å². The third kappa shape index (κ3) is 1.97. The molecule has 0 bridgehead atoms. The van der Waals surface area contributed by atoms with Crippen LogP contribution in [0.2, 0.25) is 0 Å². The molecule has 0 amide bonds. The van der Waals surface area contributed by atoms with E-state index in [-0.39, 0.29) is 0 Å². The van der Waals surface area contributed by atoms with Gasteiger partial charge in [-0.05, 0) is 31.5 Å². The number of rotatable bonds is 2. The molecular formula is C19H16N2S. The van der Waals surface area contributed by atoms with Gasteiger partial charge in [0.25, 0.3) is 0 Å². The summed E-state index contributed by atoms with van der Waals surface area (Å²) in [5, 5.41) is 6.05. The third-order valence-corrected chi connectivity index (χ3v) is 5.01. The zero-order valence-electron chi connectivity index (χ0n) is 12.6. The topological polar surface area (TPSA) is 17.8 Å². The van der Waals surface area contributed by atoms with Crippen LogP contribution in [-0.2, 0) is 0 Å². The van der Waals surface area contributed by atoms with E-state index < -0.39 is 0 Å². The van der Waals surface area contributed by atoms with Crippen LogP contribution in [0.15, 0.2) is 60.7 Å². The Kier molecular flexibility index (Phi) is 3.09. The lowest BCUT2D eigenvalue weighted by Gasteiger charge is -2.01. The molecule has 0 radical (unpaired) electrons. The van der Waals surface area contributed by atoms with E-state index in [1.54, 1.807) is 0 Å². The molecule has 0 aliphatic heterocycles. The van der Waals surface area contributed by atoms with E-state index in [4.69, 9.17) is 5.10 Å². The van der Waals surface area contributed by atoms with Gasteiger partial charge in [0, 0.05) is 15.8 Å². The summed E-state index contributed by atoms with van der Waals surface area (Å²) in [4.78, 5) is 2.56. The van der Waals surface area contributed by atoms with E-state index >= 15 is 0 Å². The van der Waals surface area contributed by atoms with Crippen LogP contribution in [0, 0.1) is 13.8 Å². The Balaban J connectivity index is 2.02. The number of benzene rings is 2. The minimum atomic E-state index is 1.09. The molecule has 108 valence electrons. The summed E-state index contributed by atoms with van der Waals surface area (Å²) >= 11 is 1.82. The van der Waals surface area contributed by atoms with Gasteiger partial charge >= 0.3 is 0 Å². The fraction of sp³-hybridized carbons (Fsp3) is 0.105. The molecule has 2 nitrogen and oxygen atoms in total. The summed E-state index contributed by atoms with van der Waals surface area (Å²) in [6, 6.07) is 20.9. The Bertz CT molecular complexity index is 934. The summed E-state index contributed by atoms with van der Waals surface area (Å²) in [6.07, 6.45) is 0. The van der Waals surface area contributed by atoms with Gasteiger partial charge in [0.05, 0.1) is 11.4 Å². The fourth-order valence-electron chi connectivity index (χ4n) is 2.96. The van der Waals surface area contributed by atoms with E-state index in [9.17, 15) is 0 Å². The largest absolute Gasteiger partial charge is 0.223 e. The molecule has 2 aromatic heterocycles. The molecule has 0 N–H and O–H groups in total. The maximum atomic E-state index is 4.77. The van der Waals surface area contributed by atoms with Crippen LogP contribution < -0.4 is 0 Å². The van der Waals surface area contributed by atoms with Gasteiger partial charge in [-0.1, -0.05) is 48.5 Å². The molecule has 4 rings (SSSR count). The molecule has 22 heavy (non-hydrogen) atoms. The quantitative estimate of drug-likeness (QED) is 0.487. The van der Waals surface area contributed by atoms with Gasteiger partial charge in [0.15, 0.2) is 0 Å². The van der Waals surface area contributed by atoms with Gasteiger partial charge in [-0.15, -0.1) is 11.3 Å². The Morgan fingerprint density at radius 3 is 2.18 bits per heavy atom. The number of thiophene rings is 1. The first-order chi connectivity index (χ1) is 10.8. The molecule has 0 aliphatic rings. The van der Waals surface area contributed by atoms with Crippen LogP contribution >= 0.6 is 11.3 Å². The Morgan fingerprint density at radius 1 is 0.864 bits per heavy atom. The highest BCUT2D eigenvalue weighted by Gasteiger charge is 2.19. The Hall–Kier alpha value is -2.39. The average molecular weight is 304 g/mol. The first kappa shape index (κ1) is 13.3. The zero-order chi connectivity index (χ0) is 15.1. The summed E-state index contributed by atoms with van der Waals surface area (Å²) in [7, 11) is 0. The van der Waals surface area contributed by atoms with Crippen LogP contribution in [0.1, 0.15) is 10.6 Å².